The fraction of sp³-hybridized carbons (Fsp3) is 0.250. The summed E-state index contributed by atoms with van der Waals surface area (Å²) in [5, 5.41) is 0.652. The van der Waals surface area contributed by atoms with Gasteiger partial charge in [0.15, 0.2) is 0 Å². The fourth-order valence-corrected chi connectivity index (χ4v) is 0.994. The second kappa shape index (κ2) is 4.47. The third-order valence-electron chi connectivity index (χ3n) is 1.47. The molecule has 0 saturated heterocycles. The molecule has 0 spiro atoms. The molecule has 0 radical (unpaired) electrons. The molecule has 0 aliphatic carbocycles. The summed E-state index contributed by atoms with van der Waals surface area (Å²) in [5.74, 6) is 0. The number of nitrogen functional groups attached to an aromatic ring is 1. The van der Waals surface area contributed by atoms with Crippen LogP contribution in [0.2, 0.25) is 5.02 Å². The van der Waals surface area contributed by atoms with Crippen molar-refractivity contribution in [2.45, 2.75) is 13.3 Å². The van der Waals surface area contributed by atoms with Gasteiger partial charge >= 0.3 is 0 Å². The summed E-state index contributed by atoms with van der Waals surface area (Å²) in [6, 6.07) is 5.72. The third-order valence-corrected chi connectivity index (χ3v) is 1.80. The van der Waals surface area contributed by atoms with E-state index in [-0.39, 0.29) is 12.4 Å². The number of hydrogen-bond donors (Lipinski definition) is 1. The topological polar surface area (TPSA) is 26.0 Å². The summed E-state index contributed by atoms with van der Waals surface area (Å²) < 4.78 is 0. The Labute approximate surface area is 78.0 Å². The summed E-state index contributed by atoms with van der Waals surface area (Å²) in [7, 11) is 0. The monoisotopic (exact) mass is 191 g/mol. The van der Waals surface area contributed by atoms with Crippen LogP contribution in [0.15, 0.2) is 18.2 Å². The van der Waals surface area contributed by atoms with Crippen molar-refractivity contribution in [3.05, 3.63) is 28.8 Å². The van der Waals surface area contributed by atoms with E-state index < -0.39 is 0 Å². The molecule has 3 heteroatoms. The average Bonchev–Trinajstić information content (AvgIpc) is 1.95. The lowest BCUT2D eigenvalue weighted by Gasteiger charge is -1.99. The van der Waals surface area contributed by atoms with E-state index in [9.17, 15) is 0 Å². The Morgan fingerprint density at radius 2 is 2.09 bits per heavy atom. The van der Waals surface area contributed by atoms with Crippen molar-refractivity contribution in [3.63, 3.8) is 0 Å². The first-order chi connectivity index (χ1) is 4.74. The van der Waals surface area contributed by atoms with Crippen molar-refractivity contribution < 1.29 is 0 Å². The molecule has 1 aromatic rings. The molecule has 0 bridgehead atoms. The third kappa shape index (κ3) is 2.60. The predicted molar refractivity (Wildman–Crippen MR) is 52.5 cm³/mol. The molecule has 0 unspecified atom stereocenters. The largest absolute Gasteiger partial charge is 0.398 e. The standard InChI is InChI=1S/C8H10ClN.ClH/c1-2-6-3-4-8(10)7(9)5-6;/h3-5H,2,10H2,1H3;1H. The zero-order chi connectivity index (χ0) is 7.56. The van der Waals surface area contributed by atoms with Crippen LogP contribution < -0.4 is 5.73 Å². The van der Waals surface area contributed by atoms with Gasteiger partial charge in [-0.25, -0.2) is 0 Å². The molecule has 0 heterocycles. The summed E-state index contributed by atoms with van der Waals surface area (Å²) in [5.41, 5.74) is 7.38. The maximum absolute atomic E-state index is 5.77. The second-order valence-corrected chi connectivity index (χ2v) is 2.62. The number of aryl methyl sites for hydroxylation is 1. The van der Waals surface area contributed by atoms with Gasteiger partial charge in [0.2, 0.25) is 0 Å². The maximum atomic E-state index is 5.77. The van der Waals surface area contributed by atoms with Gasteiger partial charge in [0.05, 0.1) is 10.7 Å². The first-order valence-corrected chi connectivity index (χ1v) is 3.65. The van der Waals surface area contributed by atoms with Crippen molar-refractivity contribution in [2.24, 2.45) is 0 Å². The smallest absolute Gasteiger partial charge is 0.0638 e. The minimum Gasteiger partial charge on any atom is -0.398 e. The van der Waals surface area contributed by atoms with Gasteiger partial charge in [-0.2, -0.15) is 0 Å². The lowest BCUT2D eigenvalue weighted by Crippen LogP contribution is -1.87. The first-order valence-electron chi connectivity index (χ1n) is 3.28. The van der Waals surface area contributed by atoms with E-state index in [4.69, 9.17) is 17.3 Å². The van der Waals surface area contributed by atoms with E-state index in [2.05, 4.69) is 6.92 Å². The lowest BCUT2D eigenvalue weighted by molar-refractivity contribution is 1.14. The van der Waals surface area contributed by atoms with Crippen molar-refractivity contribution >= 4 is 29.7 Å². The van der Waals surface area contributed by atoms with Crippen LogP contribution in [0.25, 0.3) is 0 Å². The lowest BCUT2D eigenvalue weighted by atomic mass is 10.1. The van der Waals surface area contributed by atoms with Crippen molar-refractivity contribution in [2.75, 3.05) is 5.73 Å². The highest BCUT2D eigenvalue weighted by Gasteiger charge is 1.94. The van der Waals surface area contributed by atoms with Crippen LogP contribution in [-0.2, 0) is 6.42 Å². The molecule has 2 N–H and O–H groups in total. The molecule has 0 aliphatic heterocycles. The van der Waals surface area contributed by atoms with Gasteiger partial charge in [0.25, 0.3) is 0 Å². The van der Waals surface area contributed by atoms with Crippen molar-refractivity contribution in [3.8, 4) is 0 Å². The first kappa shape index (κ1) is 10.6. The van der Waals surface area contributed by atoms with Crippen LogP contribution >= 0.6 is 24.0 Å². The molecule has 0 aliphatic rings. The van der Waals surface area contributed by atoms with E-state index in [0.717, 1.165) is 6.42 Å². The number of rotatable bonds is 1. The molecule has 62 valence electrons. The molecule has 0 amide bonds. The zero-order valence-electron chi connectivity index (χ0n) is 6.30. The number of benzene rings is 1. The number of nitrogens with two attached hydrogens (primary N) is 1. The molecule has 0 saturated carbocycles. The highest BCUT2D eigenvalue weighted by atomic mass is 35.5. The van der Waals surface area contributed by atoms with Crippen LogP contribution in [0.1, 0.15) is 12.5 Å². The van der Waals surface area contributed by atoms with Gasteiger partial charge in [0, 0.05) is 0 Å². The normalized spacial score (nSPS) is 8.91. The number of anilines is 1. The highest BCUT2D eigenvalue weighted by molar-refractivity contribution is 6.33. The summed E-state index contributed by atoms with van der Waals surface area (Å²) in [4.78, 5) is 0. The molecule has 1 rings (SSSR count). The van der Waals surface area contributed by atoms with Gasteiger partial charge in [0.1, 0.15) is 0 Å². The minimum atomic E-state index is 0. The zero-order valence-corrected chi connectivity index (χ0v) is 7.88. The summed E-state index contributed by atoms with van der Waals surface area (Å²) in [6.45, 7) is 2.09. The van der Waals surface area contributed by atoms with Gasteiger partial charge in [-0.05, 0) is 24.1 Å². The quantitative estimate of drug-likeness (QED) is 0.680. The maximum Gasteiger partial charge on any atom is 0.0638 e. The second-order valence-electron chi connectivity index (χ2n) is 2.21. The minimum absolute atomic E-state index is 0. The molecule has 1 aromatic carbocycles. The summed E-state index contributed by atoms with van der Waals surface area (Å²) >= 11 is 5.77. The van der Waals surface area contributed by atoms with Crippen LogP contribution in [0.3, 0.4) is 0 Å². The Bertz CT molecular complexity index is 236. The van der Waals surface area contributed by atoms with E-state index >= 15 is 0 Å². The molecule has 0 fully saturated rings. The van der Waals surface area contributed by atoms with Crippen molar-refractivity contribution in [1.82, 2.24) is 0 Å². The van der Waals surface area contributed by atoms with E-state index in [0.29, 0.717) is 10.7 Å². The van der Waals surface area contributed by atoms with Crippen molar-refractivity contribution in [1.29, 1.82) is 0 Å². The Morgan fingerprint density at radius 1 is 1.45 bits per heavy atom. The van der Waals surface area contributed by atoms with E-state index in [1.165, 1.54) is 5.56 Å². The Balaban J connectivity index is 0.000001000. The molecular formula is C8H11Cl2N. The van der Waals surface area contributed by atoms with Crippen LogP contribution in [0.5, 0.6) is 0 Å². The highest BCUT2D eigenvalue weighted by Crippen LogP contribution is 2.19. The van der Waals surface area contributed by atoms with Crippen LogP contribution in [-0.4, -0.2) is 0 Å². The van der Waals surface area contributed by atoms with Crippen LogP contribution in [0.4, 0.5) is 5.69 Å². The molecule has 1 nitrogen and oxygen atoms in total. The van der Waals surface area contributed by atoms with E-state index in [1.54, 1.807) is 0 Å². The van der Waals surface area contributed by atoms with Gasteiger partial charge < -0.3 is 5.73 Å². The fourth-order valence-electron chi connectivity index (χ4n) is 0.791. The molecule has 0 aromatic heterocycles. The Hall–Kier alpha value is -0.400. The average molecular weight is 192 g/mol. The number of hydrogen-bond acceptors (Lipinski definition) is 1. The van der Waals surface area contributed by atoms with E-state index in [1.807, 2.05) is 18.2 Å². The van der Waals surface area contributed by atoms with Gasteiger partial charge in [-0.15, -0.1) is 12.4 Å². The van der Waals surface area contributed by atoms with Gasteiger partial charge in [-0.1, -0.05) is 24.6 Å². The van der Waals surface area contributed by atoms with Crippen LogP contribution in [0, 0.1) is 0 Å². The Morgan fingerprint density at radius 3 is 2.55 bits per heavy atom. The Kier molecular flexibility index (Phi) is 4.31. The molecule has 11 heavy (non-hydrogen) atoms. The SMILES string of the molecule is CCc1ccc(N)c(Cl)c1.Cl. The van der Waals surface area contributed by atoms with Gasteiger partial charge in [-0.3, -0.25) is 0 Å². The molecular weight excluding hydrogens is 181 g/mol. The number of halogens is 2. The summed E-state index contributed by atoms with van der Waals surface area (Å²) in [6.07, 6.45) is 1.00. The predicted octanol–water partition coefficient (Wildman–Crippen LogP) is 2.91. The molecule has 0 atom stereocenters.